The first kappa shape index (κ1) is 47.4. The Morgan fingerprint density at radius 3 is 1.98 bits per heavy atom. The summed E-state index contributed by atoms with van der Waals surface area (Å²) in [4.78, 5) is 129. The maximum Gasteiger partial charge on any atom is 0.305 e. The summed E-state index contributed by atoms with van der Waals surface area (Å²) in [5.74, 6) is -7.47. The molecular weight excluding hydrogens is 795 g/mol. The van der Waals surface area contributed by atoms with E-state index in [0.29, 0.717) is 44.1 Å². The van der Waals surface area contributed by atoms with E-state index in [0.717, 1.165) is 0 Å². The highest BCUT2D eigenvalue weighted by atomic mass is 16.4. The standard InChI is InChI=1S/C40H59N11O10/c1-3-4-13-26-38(60)51-19-10-16-30(51)39(61)50-18-9-15-29(50)37(59)45-23(2)33(55)49-27(20-24-11-6-5-7-12-24)35(57)47-25(14-8-17-43-40(41)42)34(56)44-22-31(52)46-28(21-32(53)54)36(58)48-26/h5-7,11-12,23,25-30H,3-4,8-10,13-22H2,1-2H3,(H,44,56)(H,45,59)(H,46,52)(H,47,57)(H,48,58)(H,49,55)(H,53,54)(H4,41,42,43)/t23-,25-,26-,27-,28-,29-,30+/m0/s1. The van der Waals surface area contributed by atoms with Gasteiger partial charge in [-0.25, -0.2) is 0 Å². The average Bonchev–Trinajstić information content (AvgIpc) is 3.92. The fourth-order valence-electron chi connectivity index (χ4n) is 7.62. The lowest BCUT2D eigenvalue weighted by Crippen LogP contribution is -2.60. The summed E-state index contributed by atoms with van der Waals surface area (Å²) in [6.45, 7) is 3.07. The van der Waals surface area contributed by atoms with Crippen molar-refractivity contribution in [3.63, 3.8) is 0 Å². The zero-order valence-electron chi connectivity index (χ0n) is 34.7. The van der Waals surface area contributed by atoms with Crippen LogP contribution >= 0.6 is 0 Å². The molecule has 0 radical (unpaired) electrons. The number of carbonyl (C=O) groups is 9. The molecule has 3 aliphatic heterocycles. The quantitative estimate of drug-likeness (QED) is 0.0634. The van der Waals surface area contributed by atoms with Gasteiger partial charge in [0.2, 0.25) is 47.3 Å². The fraction of sp³-hybridized carbons (Fsp3) is 0.600. The lowest BCUT2D eigenvalue weighted by Gasteiger charge is -2.33. The summed E-state index contributed by atoms with van der Waals surface area (Å²) in [5, 5.41) is 25.0. The Morgan fingerprint density at radius 1 is 0.721 bits per heavy atom. The lowest BCUT2D eigenvalue weighted by atomic mass is 10.0. The number of nitrogens with two attached hydrogens (primary N) is 2. The van der Waals surface area contributed by atoms with Crippen LogP contribution in [0.15, 0.2) is 35.3 Å². The number of nitrogens with zero attached hydrogens (tertiary/aromatic N) is 3. The molecule has 7 atom stereocenters. The number of hydrogen-bond acceptors (Lipinski definition) is 10. The highest BCUT2D eigenvalue weighted by Crippen LogP contribution is 2.26. The SMILES string of the molecule is CCCC[C@@H]1NC(=O)[C@H](CC(=O)O)NC(=O)CNC(=O)[C@H](CCCN=C(N)N)NC(=O)[C@H](Cc2ccccc2)NC(=O)[C@H](C)NC(=O)[C@@H]2CCCN2C(=O)[C@H]2CCCN2C1=O. The number of carboxylic acid groups (broad SMARTS) is 1. The molecule has 4 rings (SSSR count). The van der Waals surface area contributed by atoms with Crippen LogP contribution in [0.3, 0.4) is 0 Å². The Labute approximate surface area is 353 Å². The van der Waals surface area contributed by atoms with Crippen LogP contribution in [-0.2, 0) is 49.6 Å². The first-order valence-corrected chi connectivity index (χ1v) is 20.8. The summed E-state index contributed by atoms with van der Waals surface area (Å²) in [7, 11) is 0. The number of benzene rings is 1. The molecule has 0 unspecified atom stereocenters. The number of unbranched alkanes of at least 4 members (excludes halogenated alkanes) is 1. The highest BCUT2D eigenvalue weighted by molar-refractivity contribution is 5.99. The van der Waals surface area contributed by atoms with E-state index in [-0.39, 0.29) is 51.3 Å². The smallest absolute Gasteiger partial charge is 0.305 e. The number of guanidine groups is 1. The molecule has 61 heavy (non-hydrogen) atoms. The van der Waals surface area contributed by atoms with Crippen LogP contribution in [0.25, 0.3) is 0 Å². The van der Waals surface area contributed by atoms with Gasteiger partial charge in [0.05, 0.1) is 13.0 Å². The van der Waals surface area contributed by atoms with Crippen molar-refractivity contribution < 1.29 is 48.3 Å². The van der Waals surface area contributed by atoms with Gasteiger partial charge in [0.25, 0.3) is 0 Å². The molecule has 3 fully saturated rings. The Bertz CT molecular complexity index is 1810. The minimum absolute atomic E-state index is 0.0162. The zero-order valence-corrected chi connectivity index (χ0v) is 34.7. The summed E-state index contributed by atoms with van der Waals surface area (Å²) in [6, 6.07) is 0.271. The van der Waals surface area contributed by atoms with Crippen molar-refractivity contribution >= 4 is 59.2 Å². The van der Waals surface area contributed by atoms with E-state index in [1.807, 2.05) is 6.92 Å². The first-order valence-electron chi connectivity index (χ1n) is 20.8. The second-order valence-electron chi connectivity index (χ2n) is 15.5. The molecule has 3 aliphatic rings. The Kier molecular flexibility index (Phi) is 17.8. The van der Waals surface area contributed by atoms with Crippen LogP contribution in [0.2, 0.25) is 0 Å². The third kappa shape index (κ3) is 13.9. The molecule has 0 spiro atoms. The van der Waals surface area contributed by atoms with E-state index in [1.165, 1.54) is 16.7 Å². The van der Waals surface area contributed by atoms with Gasteiger partial charge in [-0.2, -0.15) is 0 Å². The van der Waals surface area contributed by atoms with Gasteiger partial charge in [0.15, 0.2) is 5.96 Å². The summed E-state index contributed by atoms with van der Waals surface area (Å²) >= 11 is 0. The van der Waals surface area contributed by atoms with Gasteiger partial charge in [-0.15, -0.1) is 0 Å². The topological polar surface area (TPSA) is 317 Å². The van der Waals surface area contributed by atoms with Crippen molar-refractivity contribution in [1.29, 1.82) is 0 Å². The van der Waals surface area contributed by atoms with Crippen molar-refractivity contribution in [2.75, 3.05) is 26.2 Å². The van der Waals surface area contributed by atoms with Gasteiger partial charge < -0.3 is 58.3 Å². The third-order valence-electron chi connectivity index (χ3n) is 10.8. The number of fused-ring (bicyclic) bond motifs is 2. The number of carboxylic acids is 1. The molecule has 334 valence electrons. The number of aliphatic carboxylic acids is 1. The molecule has 3 heterocycles. The van der Waals surface area contributed by atoms with Gasteiger partial charge in [0.1, 0.15) is 42.3 Å². The predicted molar refractivity (Wildman–Crippen MR) is 220 cm³/mol. The van der Waals surface area contributed by atoms with Gasteiger partial charge in [-0.05, 0) is 57.4 Å². The molecule has 21 heteroatoms. The Hall–Kier alpha value is -6.28. The van der Waals surface area contributed by atoms with Crippen molar-refractivity contribution in [3.8, 4) is 0 Å². The number of amides is 8. The number of nitrogens with one attached hydrogen (secondary N) is 6. The number of rotatable bonds is 11. The van der Waals surface area contributed by atoms with Gasteiger partial charge in [-0.3, -0.25) is 48.1 Å². The molecule has 0 saturated carbocycles. The minimum Gasteiger partial charge on any atom is -0.481 e. The normalized spacial score (nSPS) is 26.4. The highest BCUT2D eigenvalue weighted by Gasteiger charge is 2.44. The van der Waals surface area contributed by atoms with Crippen LogP contribution in [0.4, 0.5) is 0 Å². The lowest BCUT2D eigenvalue weighted by molar-refractivity contribution is -0.148. The van der Waals surface area contributed by atoms with Crippen molar-refractivity contribution in [1.82, 2.24) is 41.7 Å². The average molecular weight is 854 g/mol. The summed E-state index contributed by atoms with van der Waals surface area (Å²) in [5.41, 5.74) is 11.5. The Morgan fingerprint density at radius 2 is 1.33 bits per heavy atom. The predicted octanol–water partition coefficient (Wildman–Crippen LogP) is -2.50. The van der Waals surface area contributed by atoms with Crippen LogP contribution < -0.4 is 43.4 Å². The van der Waals surface area contributed by atoms with E-state index in [1.54, 1.807) is 30.3 Å². The van der Waals surface area contributed by atoms with Gasteiger partial charge in [0, 0.05) is 26.1 Å². The van der Waals surface area contributed by atoms with E-state index in [4.69, 9.17) is 11.5 Å². The van der Waals surface area contributed by atoms with Crippen LogP contribution in [0, 0.1) is 0 Å². The molecule has 21 nitrogen and oxygen atoms in total. The van der Waals surface area contributed by atoms with Crippen molar-refractivity contribution in [2.45, 2.75) is 127 Å². The van der Waals surface area contributed by atoms with E-state index >= 15 is 0 Å². The molecule has 1 aromatic rings. The first-order chi connectivity index (χ1) is 29.1. The maximum absolute atomic E-state index is 14.1. The number of hydrogen-bond donors (Lipinski definition) is 9. The molecule has 1 aromatic carbocycles. The van der Waals surface area contributed by atoms with E-state index in [2.05, 4.69) is 36.9 Å². The van der Waals surface area contributed by atoms with Gasteiger partial charge >= 0.3 is 5.97 Å². The Balaban J connectivity index is 1.69. The van der Waals surface area contributed by atoms with Crippen molar-refractivity contribution in [3.05, 3.63) is 35.9 Å². The minimum atomic E-state index is -1.66. The molecule has 8 amide bonds. The number of aliphatic imine (C=N–C) groups is 1. The second-order valence-corrected chi connectivity index (χ2v) is 15.5. The molecular formula is C40H59N11O10. The largest absolute Gasteiger partial charge is 0.481 e. The third-order valence-corrected chi connectivity index (χ3v) is 10.8. The van der Waals surface area contributed by atoms with Crippen molar-refractivity contribution in [2.24, 2.45) is 16.5 Å². The zero-order chi connectivity index (χ0) is 44.6. The van der Waals surface area contributed by atoms with Crippen LogP contribution in [0.1, 0.15) is 83.6 Å². The summed E-state index contributed by atoms with van der Waals surface area (Å²) in [6.07, 6.45) is 2.12. The van der Waals surface area contributed by atoms with Crippen LogP contribution in [-0.4, -0.2) is 143 Å². The monoisotopic (exact) mass is 853 g/mol. The maximum atomic E-state index is 14.1. The van der Waals surface area contributed by atoms with E-state index < -0.39 is 108 Å². The molecule has 3 saturated heterocycles. The second kappa shape index (κ2) is 22.9. The van der Waals surface area contributed by atoms with Gasteiger partial charge in [-0.1, -0.05) is 50.1 Å². The molecule has 11 N–H and O–H groups in total. The molecule has 0 bridgehead atoms. The fourth-order valence-corrected chi connectivity index (χ4v) is 7.62. The van der Waals surface area contributed by atoms with E-state index in [9.17, 15) is 48.3 Å². The molecule has 0 aliphatic carbocycles. The molecule has 0 aromatic heterocycles. The van der Waals surface area contributed by atoms with Crippen LogP contribution in [0.5, 0.6) is 0 Å². The number of carbonyl (C=O) groups excluding carboxylic acids is 8. The summed E-state index contributed by atoms with van der Waals surface area (Å²) < 4.78 is 0.